The molecular weight excluding hydrogens is 340 g/mol. The number of nitrogens with zero attached hydrogens (tertiary/aromatic N) is 1. The number of ether oxygens (including phenoxy) is 2. The van der Waals surface area contributed by atoms with Crippen molar-refractivity contribution in [3.05, 3.63) is 20.6 Å². The van der Waals surface area contributed by atoms with Crippen molar-refractivity contribution in [3.63, 3.8) is 0 Å². The summed E-state index contributed by atoms with van der Waals surface area (Å²) in [5.74, 6) is 0.807. The van der Waals surface area contributed by atoms with Crippen LogP contribution in [0.3, 0.4) is 0 Å². The first-order chi connectivity index (χ1) is 9.30. The highest BCUT2D eigenvalue weighted by atomic mass is 79.9. The molecule has 1 aromatic rings. The average molecular weight is 361 g/mol. The molecule has 0 unspecified atom stereocenters. The summed E-state index contributed by atoms with van der Waals surface area (Å²) in [7, 11) is 1.72. The molecule has 1 aliphatic rings. The fourth-order valence-corrected chi connectivity index (χ4v) is 3.41. The first kappa shape index (κ1) is 16.1. The van der Waals surface area contributed by atoms with Gasteiger partial charge in [0, 0.05) is 44.3 Å². The Labute approximate surface area is 133 Å². The molecule has 0 radical (unpaired) electrons. The normalized spacial score (nSPS) is 19.1. The third kappa shape index (κ3) is 2.98. The minimum Gasteiger partial charge on any atom is -0.381 e. The van der Waals surface area contributed by atoms with Crippen LogP contribution in [0.1, 0.15) is 45.1 Å². The molecule has 0 aliphatic carbocycles. The van der Waals surface area contributed by atoms with Gasteiger partial charge >= 0.3 is 0 Å². The molecule has 20 heavy (non-hydrogen) atoms. The maximum Gasteiger partial charge on any atom is 0.144 e. The summed E-state index contributed by atoms with van der Waals surface area (Å²) in [5.41, 5.74) is 0.576. The van der Waals surface area contributed by atoms with E-state index in [-0.39, 0.29) is 5.41 Å². The van der Waals surface area contributed by atoms with E-state index in [1.165, 1.54) is 0 Å². The van der Waals surface area contributed by atoms with Gasteiger partial charge in [-0.25, -0.2) is 4.98 Å². The molecule has 1 aliphatic heterocycles. The van der Waals surface area contributed by atoms with Crippen LogP contribution in [0, 0.1) is 4.64 Å². The molecule has 1 saturated heterocycles. The standard InChI is InChI=1S/C14H21BrN2O2S/c1-13(2,3)10-9(15)11(20)17-12(16-10)14(18-4)5-7-19-8-6-14/h5-8H2,1-4H3,(H,16,17,20). The van der Waals surface area contributed by atoms with Crippen molar-refractivity contribution >= 4 is 28.1 Å². The number of nitrogens with one attached hydrogen (secondary N) is 1. The van der Waals surface area contributed by atoms with Gasteiger partial charge in [0.2, 0.25) is 0 Å². The molecule has 1 fully saturated rings. The van der Waals surface area contributed by atoms with Crippen LogP contribution in [-0.2, 0) is 20.5 Å². The largest absolute Gasteiger partial charge is 0.381 e. The highest BCUT2D eigenvalue weighted by molar-refractivity contribution is 9.10. The molecule has 1 aromatic heterocycles. The van der Waals surface area contributed by atoms with Crippen LogP contribution < -0.4 is 0 Å². The third-order valence-corrected chi connectivity index (χ3v) is 5.07. The van der Waals surface area contributed by atoms with Gasteiger partial charge in [0.1, 0.15) is 16.1 Å². The van der Waals surface area contributed by atoms with Gasteiger partial charge in [-0.05, 0) is 15.9 Å². The van der Waals surface area contributed by atoms with Crippen molar-refractivity contribution in [2.45, 2.75) is 44.6 Å². The Morgan fingerprint density at radius 2 is 1.95 bits per heavy atom. The second-order valence-electron chi connectivity index (χ2n) is 6.14. The van der Waals surface area contributed by atoms with Crippen LogP contribution in [-0.4, -0.2) is 30.3 Å². The molecule has 0 atom stereocenters. The number of halogens is 1. The summed E-state index contributed by atoms with van der Waals surface area (Å²) in [4.78, 5) is 8.00. The van der Waals surface area contributed by atoms with Crippen molar-refractivity contribution in [2.75, 3.05) is 20.3 Å². The number of aromatic amines is 1. The number of hydrogen-bond acceptors (Lipinski definition) is 4. The van der Waals surface area contributed by atoms with Crippen LogP contribution in [0.2, 0.25) is 0 Å². The maximum absolute atomic E-state index is 5.79. The molecule has 0 aromatic carbocycles. The Morgan fingerprint density at radius 3 is 2.45 bits per heavy atom. The molecule has 2 rings (SSSR count). The van der Waals surface area contributed by atoms with Crippen molar-refractivity contribution in [1.82, 2.24) is 9.97 Å². The zero-order chi connectivity index (χ0) is 15.0. The topological polar surface area (TPSA) is 47.1 Å². The van der Waals surface area contributed by atoms with Gasteiger partial charge in [-0.15, -0.1) is 0 Å². The first-order valence-electron chi connectivity index (χ1n) is 6.74. The zero-order valence-electron chi connectivity index (χ0n) is 12.4. The fourth-order valence-electron chi connectivity index (χ4n) is 2.43. The molecule has 1 N–H and O–H groups in total. The Bertz CT molecular complexity index is 545. The molecule has 112 valence electrons. The smallest absolute Gasteiger partial charge is 0.144 e. The zero-order valence-corrected chi connectivity index (χ0v) is 14.8. The van der Waals surface area contributed by atoms with E-state index in [0.717, 1.165) is 28.8 Å². The van der Waals surface area contributed by atoms with Gasteiger partial charge in [0.05, 0.1) is 4.47 Å². The monoisotopic (exact) mass is 360 g/mol. The van der Waals surface area contributed by atoms with Crippen molar-refractivity contribution in [2.24, 2.45) is 0 Å². The van der Waals surface area contributed by atoms with Gasteiger partial charge in [-0.1, -0.05) is 33.0 Å². The number of hydrogen-bond donors (Lipinski definition) is 1. The summed E-state index contributed by atoms with van der Waals surface area (Å²) in [6.45, 7) is 7.79. The Hall–Kier alpha value is -0.300. The third-order valence-electron chi connectivity index (χ3n) is 3.74. The number of rotatable bonds is 2. The van der Waals surface area contributed by atoms with Gasteiger partial charge in [0.25, 0.3) is 0 Å². The lowest BCUT2D eigenvalue weighted by atomic mass is 9.90. The molecule has 2 heterocycles. The summed E-state index contributed by atoms with van der Waals surface area (Å²) in [6.07, 6.45) is 1.57. The fraction of sp³-hybridized carbons (Fsp3) is 0.714. The predicted molar refractivity (Wildman–Crippen MR) is 84.6 cm³/mol. The van der Waals surface area contributed by atoms with E-state index in [0.29, 0.717) is 17.9 Å². The average Bonchev–Trinajstić information content (AvgIpc) is 2.41. The van der Waals surface area contributed by atoms with E-state index in [1.54, 1.807) is 7.11 Å². The molecule has 6 heteroatoms. The van der Waals surface area contributed by atoms with Crippen molar-refractivity contribution in [3.8, 4) is 0 Å². The van der Waals surface area contributed by atoms with Crippen LogP contribution >= 0.6 is 28.1 Å². The van der Waals surface area contributed by atoms with Crippen molar-refractivity contribution in [1.29, 1.82) is 0 Å². The molecule has 4 nitrogen and oxygen atoms in total. The molecule has 0 amide bonds. The SMILES string of the molecule is COC1(c2nc(=S)c(Br)c(C(C)(C)C)[nH]2)CCOCC1. The summed E-state index contributed by atoms with van der Waals surface area (Å²) < 4.78 is 12.7. The Balaban J connectivity index is 2.57. The first-order valence-corrected chi connectivity index (χ1v) is 7.94. The van der Waals surface area contributed by atoms with Gasteiger partial charge < -0.3 is 14.5 Å². The minimum absolute atomic E-state index is 0.0514. The van der Waals surface area contributed by atoms with Gasteiger partial charge in [-0.2, -0.15) is 0 Å². The number of H-pyrrole nitrogens is 1. The van der Waals surface area contributed by atoms with Crippen LogP contribution in [0.4, 0.5) is 0 Å². The summed E-state index contributed by atoms with van der Waals surface area (Å²) in [6, 6.07) is 0. The summed E-state index contributed by atoms with van der Waals surface area (Å²) >= 11 is 8.95. The molecule has 0 bridgehead atoms. The molecular formula is C14H21BrN2O2S. The maximum atomic E-state index is 5.79. The quantitative estimate of drug-likeness (QED) is 0.813. The lowest BCUT2D eigenvalue weighted by Gasteiger charge is -2.36. The van der Waals surface area contributed by atoms with Gasteiger partial charge in [-0.3, -0.25) is 0 Å². The van der Waals surface area contributed by atoms with E-state index in [2.05, 4.69) is 46.7 Å². The number of aromatic nitrogens is 2. The lowest BCUT2D eigenvalue weighted by Crippen LogP contribution is -2.38. The van der Waals surface area contributed by atoms with E-state index in [1.807, 2.05) is 0 Å². The Morgan fingerprint density at radius 1 is 1.35 bits per heavy atom. The van der Waals surface area contributed by atoms with Crippen molar-refractivity contribution < 1.29 is 9.47 Å². The van der Waals surface area contributed by atoms with Crippen LogP contribution in [0.25, 0.3) is 0 Å². The second-order valence-corrected chi connectivity index (χ2v) is 7.32. The highest BCUT2D eigenvalue weighted by Crippen LogP contribution is 2.36. The highest BCUT2D eigenvalue weighted by Gasteiger charge is 2.38. The van der Waals surface area contributed by atoms with E-state index in [4.69, 9.17) is 21.7 Å². The molecule has 0 spiro atoms. The number of methoxy groups -OCH3 is 1. The minimum atomic E-state index is -0.424. The van der Waals surface area contributed by atoms with Gasteiger partial charge in [0.15, 0.2) is 0 Å². The second kappa shape index (κ2) is 5.83. The van der Waals surface area contributed by atoms with E-state index in [9.17, 15) is 0 Å². The van der Waals surface area contributed by atoms with Crippen LogP contribution in [0.5, 0.6) is 0 Å². The lowest BCUT2D eigenvalue weighted by molar-refractivity contribution is -0.100. The Kier molecular flexibility index (Phi) is 4.69. The van der Waals surface area contributed by atoms with E-state index >= 15 is 0 Å². The molecule has 0 saturated carbocycles. The summed E-state index contributed by atoms with van der Waals surface area (Å²) in [5, 5.41) is 0. The van der Waals surface area contributed by atoms with E-state index < -0.39 is 5.60 Å². The predicted octanol–water partition coefficient (Wildman–Crippen LogP) is 3.85. The van der Waals surface area contributed by atoms with Crippen LogP contribution in [0.15, 0.2) is 4.47 Å².